The second kappa shape index (κ2) is 8.91. The zero-order valence-electron chi connectivity index (χ0n) is 15.4. The van der Waals surface area contributed by atoms with Crippen molar-refractivity contribution in [2.45, 2.75) is 31.7 Å². The number of carbonyl (C=O) groups is 1. The van der Waals surface area contributed by atoms with Crippen molar-refractivity contribution in [3.05, 3.63) is 70.0 Å². The summed E-state index contributed by atoms with van der Waals surface area (Å²) in [6, 6.07) is 12.0. The standard InChI is InChI=1S/C21H21ClN2OS2/c1-4-10-24-18-12-14(2)15(3)13-19(18)27-21(24)23-20(25)9-11-26-17-7-5-16(22)6-8-17/h4-8,12-13H,1,9-11H2,2-3H3. The van der Waals surface area contributed by atoms with Gasteiger partial charge in [-0.3, -0.25) is 4.79 Å². The van der Waals surface area contributed by atoms with Crippen LogP contribution in [0.15, 0.2) is 58.9 Å². The van der Waals surface area contributed by atoms with Crippen LogP contribution in [0, 0.1) is 13.8 Å². The van der Waals surface area contributed by atoms with E-state index in [0.717, 1.165) is 19.9 Å². The summed E-state index contributed by atoms with van der Waals surface area (Å²) < 4.78 is 3.20. The van der Waals surface area contributed by atoms with Crippen molar-refractivity contribution in [1.29, 1.82) is 0 Å². The molecule has 3 rings (SSSR count). The molecule has 0 atom stereocenters. The summed E-state index contributed by atoms with van der Waals surface area (Å²) in [4.78, 5) is 18.6. The Kier molecular flexibility index (Phi) is 6.58. The highest BCUT2D eigenvalue weighted by molar-refractivity contribution is 7.99. The number of halogens is 1. The molecular formula is C21H21ClN2OS2. The molecule has 1 heterocycles. The van der Waals surface area contributed by atoms with Gasteiger partial charge in [-0.2, -0.15) is 4.99 Å². The summed E-state index contributed by atoms with van der Waals surface area (Å²) in [6.07, 6.45) is 2.23. The lowest BCUT2D eigenvalue weighted by molar-refractivity contribution is -0.117. The van der Waals surface area contributed by atoms with Crippen LogP contribution >= 0.6 is 34.7 Å². The van der Waals surface area contributed by atoms with Gasteiger partial charge in [0.1, 0.15) is 0 Å². The molecule has 1 aromatic heterocycles. The van der Waals surface area contributed by atoms with Gasteiger partial charge in [0.15, 0.2) is 4.80 Å². The average Bonchev–Trinajstić information content (AvgIpc) is 2.94. The highest BCUT2D eigenvalue weighted by Gasteiger charge is 2.09. The van der Waals surface area contributed by atoms with Gasteiger partial charge < -0.3 is 4.57 Å². The van der Waals surface area contributed by atoms with Crippen LogP contribution in [0.5, 0.6) is 0 Å². The molecule has 140 valence electrons. The third-order valence-corrected chi connectivity index (χ3v) is 6.54. The summed E-state index contributed by atoms with van der Waals surface area (Å²) in [5, 5.41) is 0.715. The van der Waals surface area contributed by atoms with Gasteiger partial charge in [-0.25, -0.2) is 0 Å². The van der Waals surface area contributed by atoms with E-state index < -0.39 is 0 Å². The molecule has 0 N–H and O–H groups in total. The molecule has 1 amide bonds. The van der Waals surface area contributed by atoms with Crippen molar-refractivity contribution in [2.75, 3.05) is 5.75 Å². The molecule has 0 fully saturated rings. The Labute approximate surface area is 172 Å². The van der Waals surface area contributed by atoms with Gasteiger partial charge in [0.2, 0.25) is 5.91 Å². The summed E-state index contributed by atoms with van der Waals surface area (Å²) in [5.74, 6) is 0.587. The molecule has 0 aliphatic carbocycles. The number of benzene rings is 2. The normalized spacial score (nSPS) is 11.9. The first-order valence-corrected chi connectivity index (χ1v) is 10.8. The number of hydrogen-bond donors (Lipinski definition) is 0. The largest absolute Gasteiger partial charge is 0.312 e. The van der Waals surface area contributed by atoms with E-state index in [2.05, 4.69) is 42.1 Å². The molecule has 0 radical (unpaired) electrons. The Balaban J connectivity index is 1.79. The summed E-state index contributed by atoms with van der Waals surface area (Å²) in [6.45, 7) is 8.67. The molecular weight excluding hydrogens is 396 g/mol. The average molecular weight is 417 g/mol. The predicted molar refractivity (Wildman–Crippen MR) is 117 cm³/mol. The number of hydrogen-bond acceptors (Lipinski definition) is 3. The number of thiazole rings is 1. The second-order valence-corrected chi connectivity index (χ2v) is 8.86. The Morgan fingerprint density at radius 3 is 2.67 bits per heavy atom. The van der Waals surface area contributed by atoms with Crippen LogP contribution in [-0.4, -0.2) is 16.2 Å². The van der Waals surface area contributed by atoms with E-state index in [1.807, 2.05) is 30.3 Å². The maximum atomic E-state index is 12.4. The van der Waals surface area contributed by atoms with Crippen LogP contribution in [0.25, 0.3) is 10.2 Å². The van der Waals surface area contributed by atoms with Crippen molar-refractivity contribution < 1.29 is 4.79 Å². The third kappa shape index (κ3) is 4.92. The van der Waals surface area contributed by atoms with Crippen LogP contribution in [0.1, 0.15) is 17.5 Å². The molecule has 6 heteroatoms. The number of thioether (sulfide) groups is 1. The predicted octanol–water partition coefficient (Wildman–Crippen LogP) is 5.77. The van der Waals surface area contributed by atoms with E-state index in [4.69, 9.17) is 11.6 Å². The maximum Gasteiger partial charge on any atom is 0.249 e. The zero-order chi connectivity index (χ0) is 19.4. The van der Waals surface area contributed by atoms with Gasteiger partial charge in [-0.1, -0.05) is 29.0 Å². The van der Waals surface area contributed by atoms with E-state index in [0.29, 0.717) is 23.7 Å². The van der Waals surface area contributed by atoms with Gasteiger partial charge in [0.25, 0.3) is 0 Å². The van der Waals surface area contributed by atoms with Gasteiger partial charge in [0, 0.05) is 28.6 Å². The first-order valence-electron chi connectivity index (χ1n) is 8.65. The number of allylic oxidation sites excluding steroid dienone is 1. The Morgan fingerprint density at radius 2 is 1.96 bits per heavy atom. The fraction of sp³-hybridized carbons (Fsp3) is 0.238. The number of nitrogens with zero attached hydrogens (tertiary/aromatic N) is 2. The van der Waals surface area contributed by atoms with Gasteiger partial charge in [0.05, 0.1) is 10.2 Å². The number of amides is 1. The van der Waals surface area contributed by atoms with Gasteiger partial charge >= 0.3 is 0 Å². The van der Waals surface area contributed by atoms with E-state index >= 15 is 0 Å². The van der Waals surface area contributed by atoms with E-state index in [1.165, 1.54) is 11.1 Å². The first-order chi connectivity index (χ1) is 13.0. The monoisotopic (exact) mass is 416 g/mol. The van der Waals surface area contributed by atoms with Crippen molar-refractivity contribution in [3.8, 4) is 0 Å². The van der Waals surface area contributed by atoms with Crippen molar-refractivity contribution >= 4 is 50.8 Å². The molecule has 0 aliphatic rings. The van der Waals surface area contributed by atoms with Crippen LogP contribution in [0.2, 0.25) is 5.02 Å². The van der Waals surface area contributed by atoms with Crippen molar-refractivity contribution in [3.63, 3.8) is 0 Å². The fourth-order valence-corrected chi connectivity index (χ4v) is 4.77. The molecule has 0 spiro atoms. The lowest BCUT2D eigenvalue weighted by Crippen LogP contribution is -2.16. The number of rotatable bonds is 6. The molecule has 0 bridgehead atoms. The minimum atomic E-state index is -0.103. The Bertz CT molecular complexity index is 1050. The van der Waals surface area contributed by atoms with Crippen LogP contribution in [-0.2, 0) is 11.3 Å². The quantitative estimate of drug-likeness (QED) is 0.377. The molecule has 0 saturated carbocycles. The number of carbonyl (C=O) groups excluding carboxylic acids is 1. The highest BCUT2D eigenvalue weighted by Crippen LogP contribution is 2.23. The van der Waals surface area contributed by atoms with Crippen molar-refractivity contribution in [1.82, 2.24) is 4.57 Å². The van der Waals surface area contributed by atoms with Crippen molar-refractivity contribution in [2.24, 2.45) is 4.99 Å². The van der Waals surface area contributed by atoms with Crippen LogP contribution in [0.3, 0.4) is 0 Å². The van der Waals surface area contributed by atoms with E-state index in [-0.39, 0.29) is 5.91 Å². The lowest BCUT2D eigenvalue weighted by atomic mass is 10.1. The Morgan fingerprint density at radius 1 is 1.26 bits per heavy atom. The summed E-state index contributed by atoms with van der Waals surface area (Å²) in [5.41, 5.74) is 3.58. The summed E-state index contributed by atoms with van der Waals surface area (Å²) >= 11 is 9.08. The van der Waals surface area contributed by atoms with Gasteiger partial charge in [-0.05, 0) is 61.4 Å². The minimum Gasteiger partial charge on any atom is -0.312 e. The van der Waals surface area contributed by atoms with Crippen LogP contribution in [0.4, 0.5) is 0 Å². The second-order valence-electron chi connectivity index (χ2n) is 6.25. The van der Waals surface area contributed by atoms with E-state index in [1.54, 1.807) is 23.1 Å². The SMILES string of the molecule is C=CCn1c(=NC(=O)CCSc2ccc(Cl)cc2)sc2cc(C)c(C)cc21. The molecule has 0 saturated heterocycles. The molecule has 0 unspecified atom stereocenters. The summed E-state index contributed by atoms with van der Waals surface area (Å²) in [7, 11) is 0. The number of fused-ring (bicyclic) bond motifs is 1. The molecule has 3 aromatic rings. The minimum absolute atomic E-state index is 0.103. The Hall–Kier alpha value is -1.82. The molecule has 2 aromatic carbocycles. The molecule has 0 aliphatic heterocycles. The lowest BCUT2D eigenvalue weighted by Gasteiger charge is -2.04. The number of aryl methyl sites for hydroxylation is 2. The maximum absolute atomic E-state index is 12.4. The van der Waals surface area contributed by atoms with E-state index in [9.17, 15) is 4.79 Å². The fourth-order valence-electron chi connectivity index (χ4n) is 2.66. The number of aromatic nitrogens is 1. The highest BCUT2D eigenvalue weighted by atomic mass is 35.5. The van der Waals surface area contributed by atoms with Crippen LogP contribution < -0.4 is 4.80 Å². The first kappa shape index (κ1) is 19.9. The third-order valence-electron chi connectivity index (χ3n) is 4.23. The molecule has 3 nitrogen and oxygen atoms in total. The zero-order valence-corrected chi connectivity index (χ0v) is 17.8. The molecule has 27 heavy (non-hydrogen) atoms. The van der Waals surface area contributed by atoms with Gasteiger partial charge in [-0.15, -0.1) is 18.3 Å². The topological polar surface area (TPSA) is 34.4 Å². The smallest absolute Gasteiger partial charge is 0.249 e.